The molecule has 1 aromatic heterocycles. The van der Waals surface area contributed by atoms with Crippen LogP contribution in [0.4, 0.5) is 0 Å². The molecule has 1 spiro atoms. The summed E-state index contributed by atoms with van der Waals surface area (Å²) < 4.78 is 1.50. The number of amides is 2. The van der Waals surface area contributed by atoms with Gasteiger partial charge in [-0.2, -0.15) is 0 Å². The molecule has 1 saturated heterocycles. The quantitative estimate of drug-likeness (QED) is 0.383. The Morgan fingerprint density at radius 1 is 1.20 bits per heavy atom. The Morgan fingerprint density at radius 3 is 2.69 bits per heavy atom. The largest absolute Gasteiger partial charge is 0.272 e. The van der Waals surface area contributed by atoms with E-state index >= 15 is 0 Å². The van der Waals surface area contributed by atoms with Gasteiger partial charge in [0.15, 0.2) is 5.16 Å². The van der Waals surface area contributed by atoms with Gasteiger partial charge in [-0.1, -0.05) is 48.5 Å². The van der Waals surface area contributed by atoms with Gasteiger partial charge in [-0.05, 0) is 61.9 Å². The summed E-state index contributed by atoms with van der Waals surface area (Å²) in [6.07, 6.45) is 3.83. The van der Waals surface area contributed by atoms with Crippen molar-refractivity contribution < 1.29 is 9.59 Å². The fourth-order valence-corrected chi connectivity index (χ4v) is 6.92. The van der Waals surface area contributed by atoms with Crippen molar-refractivity contribution in [2.75, 3.05) is 11.5 Å². The van der Waals surface area contributed by atoms with Gasteiger partial charge in [0.1, 0.15) is 4.87 Å². The SMILES string of the molecule is CC1CCC2(CC1)SCC(=O)N2NC(=O)CSc1nc2ccc(Cl)cc2c(=O)n1-c1ccccc1. The zero-order chi connectivity index (χ0) is 24.6. The van der Waals surface area contributed by atoms with Gasteiger partial charge in [0.25, 0.3) is 11.5 Å². The lowest BCUT2D eigenvalue weighted by molar-refractivity contribution is -0.142. The highest BCUT2D eigenvalue weighted by molar-refractivity contribution is 8.01. The summed E-state index contributed by atoms with van der Waals surface area (Å²) in [5, 5.41) is 2.82. The topological polar surface area (TPSA) is 84.3 Å². The normalized spacial score (nSPS) is 22.2. The number of para-hydroxylation sites is 1. The van der Waals surface area contributed by atoms with Crippen LogP contribution in [0.25, 0.3) is 16.6 Å². The Bertz CT molecular complexity index is 1340. The minimum absolute atomic E-state index is 0.0132. The molecule has 1 aliphatic heterocycles. The average molecular weight is 529 g/mol. The van der Waals surface area contributed by atoms with Gasteiger partial charge in [0.05, 0.1) is 28.1 Å². The first-order valence-corrected chi connectivity index (χ1v) is 13.9. The molecular weight excluding hydrogens is 504 g/mol. The molecule has 182 valence electrons. The van der Waals surface area contributed by atoms with Crippen LogP contribution in [0, 0.1) is 5.92 Å². The number of benzene rings is 2. The predicted molar refractivity (Wildman–Crippen MR) is 141 cm³/mol. The number of rotatable bonds is 5. The number of carbonyl (C=O) groups is 2. The van der Waals surface area contributed by atoms with Crippen molar-refractivity contribution in [2.45, 2.75) is 42.6 Å². The van der Waals surface area contributed by atoms with Gasteiger partial charge in [-0.25, -0.2) is 9.99 Å². The lowest BCUT2D eigenvalue weighted by atomic mass is 9.86. The minimum Gasteiger partial charge on any atom is -0.272 e. The minimum atomic E-state index is -0.351. The van der Waals surface area contributed by atoms with Gasteiger partial charge < -0.3 is 0 Å². The van der Waals surface area contributed by atoms with E-state index in [0.29, 0.717) is 38.4 Å². The molecule has 0 atom stereocenters. The van der Waals surface area contributed by atoms with E-state index in [0.717, 1.165) is 25.7 Å². The highest BCUT2D eigenvalue weighted by Gasteiger charge is 2.48. The number of halogens is 1. The lowest BCUT2D eigenvalue weighted by Gasteiger charge is -2.41. The molecule has 7 nitrogen and oxygen atoms in total. The first-order chi connectivity index (χ1) is 16.9. The average Bonchev–Trinajstić information content (AvgIpc) is 3.15. The van der Waals surface area contributed by atoms with E-state index in [-0.39, 0.29) is 28.0 Å². The monoisotopic (exact) mass is 528 g/mol. The Balaban J connectivity index is 1.40. The van der Waals surface area contributed by atoms with Gasteiger partial charge >= 0.3 is 0 Å². The Labute approximate surface area is 216 Å². The molecule has 2 amide bonds. The number of hydrogen-bond acceptors (Lipinski definition) is 6. The summed E-state index contributed by atoms with van der Waals surface area (Å²) in [7, 11) is 0. The van der Waals surface area contributed by atoms with E-state index in [4.69, 9.17) is 11.6 Å². The molecule has 2 aromatic carbocycles. The van der Waals surface area contributed by atoms with Crippen LogP contribution >= 0.6 is 35.1 Å². The zero-order valence-corrected chi connectivity index (χ0v) is 21.6. The van der Waals surface area contributed by atoms with Crippen molar-refractivity contribution in [3.05, 3.63) is 63.9 Å². The maximum Gasteiger partial charge on any atom is 0.266 e. The predicted octanol–water partition coefficient (Wildman–Crippen LogP) is 4.64. The summed E-state index contributed by atoms with van der Waals surface area (Å²) >= 11 is 8.92. The van der Waals surface area contributed by atoms with Crippen LogP contribution in [-0.2, 0) is 9.59 Å². The van der Waals surface area contributed by atoms with E-state index in [9.17, 15) is 14.4 Å². The third-order valence-corrected chi connectivity index (χ3v) is 9.25. The van der Waals surface area contributed by atoms with Gasteiger partial charge in [0, 0.05) is 5.02 Å². The molecule has 2 aliphatic rings. The molecule has 2 heterocycles. The molecule has 3 aromatic rings. The fourth-order valence-electron chi connectivity index (χ4n) is 4.62. The van der Waals surface area contributed by atoms with Crippen LogP contribution in [0.2, 0.25) is 5.02 Å². The van der Waals surface area contributed by atoms with Crippen molar-refractivity contribution in [3.63, 3.8) is 0 Å². The number of thioether (sulfide) groups is 2. The highest BCUT2D eigenvalue weighted by Crippen LogP contribution is 2.47. The highest BCUT2D eigenvalue weighted by atomic mass is 35.5. The van der Waals surface area contributed by atoms with Crippen LogP contribution in [0.1, 0.15) is 32.6 Å². The molecule has 0 bridgehead atoms. The van der Waals surface area contributed by atoms with E-state index in [1.807, 2.05) is 30.3 Å². The molecule has 2 fully saturated rings. The summed E-state index contributed by atoms with van der Waals surface area (Å²) in [5.41, 5.74) is 3.77. The van der Waals surface area contributed by atoms with Crippen molar-refractivity contribution >= 4 is 57.8 Å². The third kappa shape index (κ3) is 4.81. The molecule has 1 aliphatic carbocycles. The Kier molecular flexibility index (Phi) is 6.83. The molecule has 1 N–H and O–H groups in total. The molecule has 35 heavy (non-hydrogen) atoms. The third-order valence-electron chi connectivity index (χ3n) is 6.56. The second kappa shape index (κ2) is 9.87. The van der Waals surface area contributed by atoms with Crippen molar-refractivity contribution in [3.8, 4) is 5.69 Å². The maximum absolute atomic E-state index is 13.4. The van der Waals surface area contributed by atoms with Crippen molar-refractivity contribution in [1.82, 2.24) is 20.0 Å². The van der Waals surface area contributed by atoms with E-state index < -0.39 is 0 Å². The summed E-state index contributed by atoms with van der Waals surface area (Å²) in [4.78, 5) is 43.3. The van der Waals surface area contributed by atoms with E-state index in [1.54, 1.807) is 35.0 Å². The van der Waals surface area contributed by atoms with Crippen LogP contribution in [-0.4, -0.2) is 42.8 Å². The maximum atomic E-state index is 13.4. The number of fused-ring (bicyclic) bond motifs is 1. The second-order valence-electron chi connectivity index (χ2n) is 9.00. The molecule has 0 radical (unpaired) electrons. The first-order valence-electron chi connectivity index (χ1n) is 11.5. The number of hydrogen-bond donors (Lipinski definition) is 1. The Morgan fingerprint density at radius 2 is 1.94 bits per heavy atom. The number of nitrogens with one attached hydrogen (secondary N) is 1. The number of hydrazine groups is 1. The van der Waals surface area contributed by atoms with Gasteiger partial charge in [-0.3, -0.25) is 24.4 Å². The van der Waals surface area contributed by atoms with Gasteiger partial charge in [-0.15, -0.1) is 11.8 Å². The molecule has 10 heteroatoms. The smallest absolute Gasteiger partial charge is 0.266 e. The number of carbonyl (C=O) groups excluding carboxylic acids is 2. The first kappa shape index (κ1) is 24.2. The molecule has 5 rings (SSSR count). The van der Waals surface area contributed by atoms with Crippen LogP contribution in [0.5, 0.6) is 0 Å². The van der Waals surface area contributed by atoms with Crippen molar-refractivity contribution in [2.24, 2.45) is 5.92 Å². The zero-order valence-electron chi connectivity index (χ0n) is 19.2. The molecular formula is C25H25ClN4O3S2. The van der Waals surface area contributed by atoms with Gasteiger partial charge in [0.2, 0.25) is 5.91 Å². The van der Waals surface area contributed by atoms with E-state index in [1.165, 1.54) is 16.3 Å². The second-order valence-corrected chi connectivity index (χ2v) is 11.7. The summed E-state index contributed by atoms with van der Waals surface area (Å²) in [6.45, 7) is 2.23. The summed E-state index contributed by atoms with van der Waals surface area (Å²) in [6, 6.07) is 14.2. The van der Waals surface area contributed by atoms with E-state index in [2.05, 4.69) is 17.3 Å². The number of nitrogens with zero attached hydrogens (tertiary/aromatic N) is 3. The Hall–Kier alpha value is -2.49. The van der Waals surface area contributed by atoms with Crippen molar-refractivity contribution in [1.29, 1.82) is 0 Å². The molecule has 1 saturated carbocycles. The van der Waals surface area contributed by atoms with Crippen LogP contribution in [0.3, 0.4) is 0 Å². The fraction of sp³-hybridized carbons (Fsp3) is 0.360. The van der Waals surface area contributed by atoms with Crippen LogP contribution < -0.4 is 11.0 Å². The van der Waals surface area contributed by atoms with Crippen LogP contribution in [0.15, 0.2) is 58.5 Å². The lowest BCUT2D eigenvalue weighted by Crippen LogP contribution is -2.56. The summed E-state index contributed by atoms with van der Waals surface area (Å²) in [5.74, 6) is 0.663. The molecule has 0 unspecified atom stereocenters. The number of aromatic nitrogens is 2. The standard InChI is InChI=1S/C25H25ClN4O3S2/c1-16-9-11-25(12-10-16)30(22(32)15-35-25)28-21(31)14-34-24-27-20-8-7-17(26)13-19(20)23(33)29(24)18-5-3-2-4-6-18/h2-8,13,16H,9-12,14-15H2,1H3,(H,28,31).